The molecule has 2 aromatic rings. The predicted molar refractivity (Wildman–Crippen MR) is 71.8 cm³/mol. The molecule has 5 heteroatoms. The summed E-state index contributed by atoms with van der Waals surface area (Å²) in [6.45, 7) is 5.39. The quantitative estimate of drug-likeness (QED) is 0.894. The smallest absolute Gasteiger partial charge is 0.413 e. The van der Waals surface area contributed by atoms with E-state index in [0.29, 0.717) is 11.7 Å². The summed E-state index contributed by atoms with van der Waals surface area (Å²) in [5.74, 6) is 0.778. The molecule has 2 rings (SSSR count). The Balaban J connectivity index is 2.04. The van der Waals surface area contributed by atoms with E-state index in [1.165, 1.54) is 6.26 Å². The van der Waals surface area contributed by atoms with E-state index in [2.05, 4.69) is 10.3 Å². The third-order valence-corrected chi connectivity index (χ3v) is 2.15. The highest BCUT2D eigenvalue weighted by atomic mass is 16.6. The number of carbonyl (C=O) groups excluding carboxylic acids is 1. The first-order valence-corrected chi connectivity index (χ1v) is 5.95. The molecule has 1 heterocycles. The summed E-state index contributed by atoms with van der Waals surface area (Å²) < 4.78 is 10.4. The predicted octanol–water partition coefficient (Wildman–Crippen LogP) is 3.69. The number of nitrogens with zero attached hydrogens (tertiary/aromatic N) is 1. The van der Waals surface area contributed by atoms with E-state index in [1.807, 2.05) is 30.3 Å². The molecule has 0 aliphatic carbocycles. The van der Waals surface area contributed by atoms with Crippen LogP contribution in [0.25, 0.3) is 11.5 Å². The number of hydrogen-bond acceptors (Lipinski definition) is 4. The SMILES string of the molecule is CC(C)(C)OC(=O)Nc1coc(-c2ccccc2)n1. The summed E-state index contributed by atoms with van der Waals surface area (Å²) in [5, 5.41) is 2.52. The molecule has 0 radical (unpaired) electrons. The number of benzene rings is 1. The van der Waals surface area contributed by atoms with Crippen LogP contribution < -0.4 is 5.32 Å². The van der Waals surface area contributed by atoms with Gasteiger partial charge in [-0.2, -0.15) is 4.98 Å². The topological polar surface area (TPSA) is 64.4 Å². The minimum absolute atomic E-state index is 0.327. The highest BCUT2D eigenvalue weighted by Crippen LogP contribution is 2.20. The van der Waals surface area contributed by atoms with Crippen molar-refractivity contribution in [1.82, 2.24) is 4.98 Å². The van der Waals surface area contributed by atoms with Crippen molar-refractivity contribution >= 4 is 11.9 Å². The Morgan fingerprint density at radius 3 is 2.58 bits per heavy atom. The summed E-state index contributed by atoms with van der Waals surface area (Å²) in [5.41, 5.74) is 0.301. The molecule has 1 N–H and O–H groups in total. The largest absolute Gasteiger partial charge is 0.444 e. The Bertz CT molecular complexity index is 556. The second-order valence-electron chi connectivity index (χ2n) is 5.03. The van der Waals surface area contributed by atoms with Crippen LogP contribution in [0, 0.1) is 0 Å². The molecule has 0 saturated carbocycles. The van der Waals surface area contributed by atoms with E-state index < -0.39 is 11.7 Å². The number of oxazole rings is 1. The van der Waals surface area contributed by atoms with Gasteiger partial charge in [-0.3, -0.25) is 5.32 Å². The van der Waals surface area contributed by atoms with E-state index >= 15 is 0 Å². The van der Waals surface area contributed by atoms with Crippen LogP contribution in [0.1, 0.15) is 20.8 Å². The van der Waals surface area contributed by atoms with E-state index in [9.17, 15) is 4.79 Å². The Morgan fingerprint density at radius 1 is 1.26 bits per heavy atom. The lowest BCUT2D eigenvalue weighted by Crippen LogP contribution is -2.27. The average molecular weight is 260 g/mol. The van der Waals surface area contributed by atoms with Crippen molar-refractivity contribution in [1.29, 1.82) is 0 Å². The van der Waals surface area contributed by atoms with Gasteiger partial charge < -0.3 is 9.15 Å². The molecule has 0 unspecified atom stereocenters. The second kappa shape index (κ2) is 5.14. The van der Waals surface area contributed by atoms with Gasteiger partial charge in [0.2, 0.25) is 5.89 Å². The first-order chi connectivity index (χ1) is 8.94. The molecule has 100 valence electrons. The van der Waals surface area contributed by atoms with Crippen molar-refractivity contribution in [2.45, 2.75) is 26.4 Å². The molecular formula is C14H16N2O3. The van der Waals surface area contributed by atoms with E-state index in [1.54, 1.807) is 20.8 Å². The minimum Gasteiger partial charge on any atom is -0.444 e. The van der Waals surface area contributed by atoms with Gasteiger partial charge in [-0.05, 0) is 32.9 Å². The van der Waals surface area contributed by atoms with Crippen molar-refractivity contribution in [3.8, 4) is 11.5 Å². The first kappa shape index (κ1) is 13.1. The van der Waals surface area contributed by atoms with Crippen LogP contribution in [0.4, 0.5) is 10.6 Å². The van der Waals surface area contributed by atoms with Gasteiger partial charge >= 0.3 is 6.09 Å². The zero-order valence-corrected chi connectivity index (χ0v) is 11.1. The zero-order chi connectivity index (χ0) is 13.9. The van der Waals surface area contributed by atoms with Crippen molar-refractivity contribution < 1.29 is 13.9 Å². The molecule has 0 spiro atoms. The highest BCUT2D eigenvalue weighted by molar-refractivity contribution is 5.83. The summed E-state index contributed by atoms with van der Waals surface area (Å²) >= 11 is 0. The lowest BCUT2D eigenvalue weighted by molar-refractivity contribution is 0.0635. The molecule has 1 aromatic heterocycles. The van der Waals surface area contributed by atoms with Crippen LogP contribution in [0.5, 0.6) is 0 Å². The van der Waals surface area contributed by atoms with Gasteiger partial charge in [0.25, 0.3) is 0 Å². The minimum atomic E-state index is -0.555. The number of aromatic nitrogens is 1. The number of nitrogens with one attached hydrogen (secondary N) is 1. The van der Waals surface area contributed by atoms with Gasteiger partial charge in [0.1, 0.15) is 11.9 Å². The molecule has 5 nitrogen and oxygen atoms in total. The molecule has 0 fully saturated rings. The number of ether oxygens (including phenoxy) is 1. The van der Waals surface area contributed by atoms with Crippen LogP contribution in [0.3, 0.4) is 0 Å². The van der Waals surface area contributed by atoms with Gasteiger partial charge in [-0.25, -0.2) is 4.79 Å². The summed E-state index contributed by atoms with van der Waals surface area (Å²) in [6.07, 6.45) is 0.826. The second-order valence-corrected chi connectivity index (χ2v) is 5.03. The number of hydrogen-bond donors (Lipinski definition) is 1. The fourth-order valence-electron chi connectivity index (χ4n) is 1.45. The van der Waals surface area contributed by atoms with E-state index in [4.69, 9.17) is 9.15 Å². The lowest BCUT2D eigenvalue weighted by atomic mass is 10.2. The summed E-state index contributed by atoms with van der Waals surface area (Å²) in [7, 11) is 0. The van der Waals surface area contributed by atoms with Gasteiger partial charge in [-0.15, -0.1) is 0 Å². The molecule has 0 aliphatic rings. The molecule has 0 aliphatic heterocycles. The average Bonchev–Trinajstić information content (AvgIpc) is 2.76. The van der Waals surface area contributed by atoms with Crippen molar-refractivity contribution in [3.63, 3.8) is 0 Å². The number of rotatable bonds is 2. The monoisotopic (exact) mass is 260 g/mol. The lowest BCUT2D eigenvalue weighted by Gasteiger charge is -2.18. The summed E-state index contributed by atoms with van der Waals surface area (Å²) in [4.78, 5) is 15.7. The fourth-order valence-corrected chi connectivity index (χ4v) is 1.45. The maximum Gasteiger partial charge on any atom is 0.413 e. The highest BCUT2D eigenvalue weighted by Gasteiger charge is 2.17. The molecule has 0 saturated heterocycles. The standard InChI is InChI=1S/C14H16N2O3/c1-14(2,3)19-13(17)16-11-9-18-12(15-11)10-7-5-4-6-8-10/h4-9H,1-3H3,(H,16,17). The Morgan fingerprint density at radius 2 is 1.95 bits per heavy atom. The van der Waals surface area contributed by atoms with Crippen LogP contribution in [0.15, 0.2) is 41.0 Å². The third-order valence-electron chi connectivity index (χ3n) is 2.15. The normalized spacial score (nSPS) is 11.1. The summed E-state index contributed by atoms with van der Waals surface area (Å²) in [6, 6.07) is 9.44. The molecule has 0 bridgehead atoms. The molecule has 1 aromatic carbocycles. The Kier molecular flexibility index (Phi) is 3.55. The zero-order valence-electron chi connectivity index (χ0n) is 11.1. The first-order valence-electron chi connectivity index (χ1n) is 5.95. The maximum atomic E-state index is 11.6. The van der Waals surface area contributed by atoms with Gasteiger partial charge in [0, 0.05) is 5.56 Å². The van der Waals surface area contributed by atoms with E-state index in [-0.39, 0.29) is 0 Å². The van der Waals surface area contributed by atoms with Crippen molar-refractivity contribution in [3.05, 3.63) is 36.6 Å². The van der Waals surface area contributed by atoms with Gasteiger partial charge in [0.05, 0.1) is 0 Å². The van der Waals surface area contributed by atoms with Crippen molar-refractivity contribution in [2.75, 3.05) is 5.32 Å². The number of amides is 1. The van der Waals surface area contributed by atoms with Crippen LogP contribution in [-0.4, -0.2) is 16.7 Å². The molecule has 0 atom stereocenters. The Hall–Kier alpha value is -2.30. The molecular weight excluding hydrogens is 244 g/mol. The van der Waals surface area contributed by atoms with Crippen molar-refractivity contribution in [2.24, 2.45) is 0 Å². The van der Waals surface area contributed by atoms with Crippen LogP contribution in [0.2, 0.25) is 0 Å². The van der Waals surface area contributed by atoms with Crippen LogP contribution >= 0.6 is 0 Å². The van der Waals surface area contributed by atoms with Crippen LogP contribution in [-0.2, 0) is 4.74 Å². The molecule has 19 heavy (non-hydrogen) atoms. The fraction of sp³-hybridized carbons (Fsp3) is 0.286. The third kappa shape index (κ3) is 3.84. The van der Waals surface area contributed by atoms with Gasteiger partial charge in [-0.1, -0.05) is 18.2 Å². The van der Waals surface area contributed by atoms with E-state index in [0.717, 1.165) is 5.56 Å². The maximum absolute atomic E-state index is 11.6. The Labute approximate surface area is 111 Å². The van der Waals surface area contributed by atoms with Gasteiger partial charge in [0.15, 0.2) is 5.82 Å². The number of carbonyl (C=O) groups is 1. The molecule has 1 amide bonds. The number of anilines is 1.